The van der Waals surface area contributed by atoms with Gasteiger partial charge in [0.1, 0.15) is 11.9 Å². The summed E-state index contributed by atoms with van der Waals surface area (Å²) in [4.78, 5) is 1.17. The van der Waals surface area contributed by atoms with E-state index in [2.05, 4.69) is 11.4 Å². The van der Waals surface area contributed by atoms with Crippen molar-refractivity contribution in [2.75, 3.05) is 6.26 Å². The van der Waals surface area contributed by atoms with Crippen molar-refractivity contribution in [1.29, 1.82) is 5.26 Å². The summed E-state index contributed by atoms with van der Waals surface area (Å²) in [5, 5.41) is 12.4. The third kappa shape index (κ3) is 3.83. The number of halogens is 1. The van der Waals surface area contributed by atoms with Crippen molar-refractivity contribution in [3.63, 3.8) is 0 Å². The molecule has 0 aliphatic heterocycles. The number of hydrogen-bond donors (Lipinski definition) is 1. The van der Waals surface area contributed by atoms with Gasteiger partial charge in [0.05, 0.1) is 6.07 Å². The van der Waals surface area contributed by atoms with E-state index < -0.39 is 0 Å². The van der Waals surface area contributed by atoms with Gasteiger partial charge in [-0.25, -0.2) is 4.39 Å². The van der Waals surface area contributed by atoms with Crippen molar-refractivity contribution in [2.45, 2.75) is 17.5 Å². The molecule has 1 unspecified atom stereocenters. The highest BCUT2D eigenvalue weighted by atomic mass is 32.2. The van der Waals surface area contributed by atoms with E-state index in [-0.39, 0.29) is 11.9 Å². The van der Waals surface area contributed by atoms with Gasteiger partial charge in [-0.05, 0) is 41.6 Å². The van der Waals surface area contributed by atoms with E-state index in [9.17, 15) is 9.65 Å². The Balaban J connectivity index is 2.01. The lowest BCUT2D eigenvalue weighted by atomic mass is 10.1. The molecule has 1 atom stereocenters. The van der Waals surface area contributed by atoms with Crippen LogP contribution >= 0.6 is 11.8 Å². The van der Waals surface area contributed by atoms with Crippen LogP contribution in [-0.2, 0) is 6.54 Å². The van der Waals surface area contributed by atoms with Gasteiger partial charge in [-0.3, -0.25) is 5.32 Å². The van der Waals surface area contributed by atoms with Crippen LogP contribution in [0.25, 0.3) is 0 Å². The summed E-state index contributed by atoms with van der Waals surface area (Å²) >= 11 is 1.67. The zero-order valence-corrected chi connectivity index (χ0v) is 12.0. The van der Waals surface area contributed by atoms with Crippen LogP contribution in [0.2, 0.25) is 0 Å². The Hall–Kier alpha value is -1.83. The maximum Gasteiger partial charge on any atom is 0.123 e. The lowest BCUT2D eigenvalue weighted by Gasteiger charge is -2.12. The summed E-state index contributed by atoms with van der Waals surface area (Å²) in [6.45, 7) is 0.531. The zero-order valence-electron chi connectivity index (χ0n) is 11.1. The molecule has 0 bridgehead atoms. The van der Waals surface area contributed by atoms with Gasteiger partial charge < -0.3 is 0 Å². The summed E-state index contributed by atoms with van der Waals surface area (Å²) in [5.41, 5.74) is 1.89. The Bertz CT molecular complexity index is 587. The molecule has 2 nitrogen and oxygen atoms in total. The normalized spacial score (nSPS) is 11.8. The highest BCUT2D eigenvalue weighted by Crippen LogP contribution is 2.19. The number of hydrogen-bond acceptors (Lipinski definition) is 3. The third-order valence-electron chi connectivity index (χ3n) is 3.00. The molecule has 0 radical (unpaired) electrons. The first-order valence-electron chi connectivity index (χ1n) is 6.24. The maximum atomic E-state index is 12.8. The average molecular weight is 286 g/mol. The van der Waals surface area contributed by atoms with Crippen molar-refractivity contribution < 1.29 is 4.39 Å². The van der Waals surface area contributed by atoms with Crippen LogP contribution in [0.1, 0.15) is 17.2 Å². The summed E-state index contributed by atoms with van der Waals surface area (Å²) < 4.78 is 12.8. The van der Waals surface area contributed by atoms with Crippen LogP contribution < -0.4 is 5.32 Å². The van der Waals surface area contributed by atoms with Crippen molar-refractivity contribution >= 4 is 11.8 Å². The second-order valence-electron chi connectivity index (χ2n) is 4.34. The van der Waals surface area contributed by atoms with E-state index in [0.717, 1.165) is 11.1 Å². The molecule has 0 fully saturated rings. The fraction of sp³-hybridized carbons (Fsp3) is 0.188. The van der Waals surface area contributed by atoms with E-state index in [1.165, 1.54) is 17.0 Å². The van der Waals surface area contributed by atoms with Crippen molar-refractivity contribution in [3.05, 3.63) is 65.5 Å². The van der Waals surface area contributed by atoms with Crippen molar-refractivity contribution in [3.8, 4) is 6.07 Å². The molecule has 0 saturated heterocycles. The SMILES string of the molecule is CSc1ccc(C(C#N)NCc2ccc(F)cc2)cc1. The summed E-state index contributed by atoms with van der Waals surface area (Å²) in [6.07, 6.45) is 2.02. The van der Waals surface area contributed by atoms with Crippen molar-refractivity contribution in [2.24, 2.45) is 0 Å². The van der Waals surface area contributed by atoms with Crippen LogP contribution in [0.4, 0.5) is 4.39 Å². The molecule has 0 aliphatic rings. The van der Waals surface area contributed by atoms with E-state index >= 15 is 0 Å². The van der Waals surface area contributed by atoms with E-state index in [1.54, 1.807) is 23.9 Å². The lowest BCUT2D eigenvalue weighted by molar-refractivity contribution is 0.616. The minimum Gasteiger partial charge on any atom is -0.294 e. The molecule has 20 heavy (non-hydrogen) atoms. The molecule has 1 N–H and O–H groups in total. The molecule has 2 rings (SSSR count). The first-order chi connectivity index (χ1) is 9.72. The Morgan fingerprint density at radius 3 is 2.35 bits per heavy atom. The molecular formula is C16H15FN2S. The molecule has 0 amide bonds. The molecule has 0 heterocycles. The molecular weight excluding hydrogens is 271 g/mol. The molecule has 0 spiro atoms. The average Bonchev–Trinajstić information content (AvgIpc) is 2.50. The quantitative estimate of drug-likeness (QED) is 0.847. The molecule has 4 heteroatoms. The van der Waals surface area contributed by atoms with Crippen LogP contribution in [0.5, 0.6) is 0 Å². The molecule has 102 valence electrons. The highest BCUT2D eigenvalue weighted by Gasteiger charge is 2.09. The van der Waals surface area contributed by atoms with E-state index in [0.29, 0.717) is 6.54 Å². The molecule has 0 aliphatic carbocycles. The highest BCUT2D eigenvalue weighted by molar-refractivity contribution is 7.98. The van der Waals surface area contributed by atoms with Crippen LogP contribution in [-0.4, -0.2) is 6.26 Å². The van der Waals surface area contributed by atoms with Gasteiger partial charge in [-0.1, -0.05) is 24.3 Å². The Morgan fingerprint density at radius 1 is 1.15 bits per heavy atom. The first kappa shape index (κ1) is 14.6. The fourth-order valence-electron chi connectivity index (χ4n) is 1.86. The third-order valence-corrected chi connectivity index (χ3v) is 3.75. The van der Waals surface area contributed by atoms with E-state index in [4.69, 9.17) is 0 Å². The number of rotatable bonds is 5. The van der Waals surface area contributed by atoms with Crippen LogP contribution in [0, 0.1) is 17.1 Å². The van der Waals surface area contributed by atoms with Gasteiger partial charge in [-0.15, -0.1) is 11.8 Å². The minimum absolute atomic E-state index is 0.252. The largest absolute Gasteiger partial charge is 0.294 e. The monoisotopic (exact) mass is 286 g/mol. The van der Waals surface area contributed by atoms with Gasteiger partial charge in [0.15, 0.2) is 0 Å². The predicted octanol–water partition coefficient (Wildman–Crippen LogP) is 3.90. The fourth-order valence-corrected chi connectivity index (χ4v) is 2.26. The van der Waals surface area contributed by atoms with Gasteiger partial charge in [0, 0.05) is 11.4 Å². The Labute approximate surface area is 122 Å². The predicted molar refractivity (Wildman–Crippen MR) is 79.8 cm³/mol. The Kier molecular flexibility index (Phi) is 5.16. The first-order valence-corrected chi connectivity index (χ1v) is 7.47. The van der Waals surface area contributed by atoms with Crippen molar-refractivity contribution in [1.82, 2.24) is 5.32 Å². The smallest absolute Gasteiger partial charge is 0.123 e. The molecule has 2 aromatic carbocycles. The number of nitrogens with zero attached hydrogens (tertiary/aromatic N) is 1. The number of benzene rings is 2. The zero-order chi connectivity index (χ0) is 14.4. The Morgan fingerprint density at radius 2 is 1.80 bits per heavy atom. The second kappa shape index (κ2) is 7.09. The van der Waals surface area contributed by atoms with E-state index in [1.807, 2.05) is 30.5 Å². The van der Waals surface area contributed by atoms with Crippen LogP contribution in [0.3, 0.4) is 0 Å². The number of thioether (sulfide) groups is 1. The lowest BCUT2D eigenvalue weighted by Crippen LogP contribution is -2.19. The second-order valence-corrected chi connectivity index (χ2v) is 5.22. The number of nitriles is 1. The molecule has 0 saturated carbocycles. The topological polar surface area (TPSA) is 35.8 Å². The standard InChI is InChI=1S/C16H15FN2S/c1-20-15-8-4-13(5-9-15)16(10-18)19-11-12-2-6-14(17)7-3-12/h2-9,16,19H,11H2,1H3. The maximum absolute atomic E-state index is 12.8. The van der Waals surface area contributed by atoms with Crippen LogP contribution in [0.15, 0.2) is 53.4 Å². The van der Waals surface area contributed by atoms with Gasteiger partial charge >= 0.3 is 0 Å². The van der Waals surface area contributed by atoms with Gasteiger partial charge in [0.2, 0.25) is 0 Å². The summed E-state index contributed by atoms with van der Waals surface area (Å²) in [5.74, 6) is -0.252. The minimum atomic E-state index is -0.365. The molecule has 2 aromatic rings. The summed E-state index contributed by atoms with van der Waals surface area (Å²) in [6, 6.07) is 16.1. The van der Waals surface area contributed by atoms with Gasteiger partial charge in [0.25, 0.3) is 0 Å². The molecule has 0 aromatic heterocycles. The number of nitrogens with one attached hydrogen (secondary N) is 1. The van der Waals surface area contributed by atoms with Gasteiger partial charge in [-0.2, -0.15) is 5.26 Å². The summed E-state index contributed by atoms with van der Waals surface area (Å²) in [7, 11) is 0.